The minimum Gasteiger partial charge on any atom is -0.444 e. The standard InChI is InChI=1S/C19H24N2O7S/c1-19(17(22)20-24,29(2,25)26)11-16-12-21(18(23)28-16)15-5-3-13(4-6-15)14-7-9-27-10-8-14/h3-7,16,24H,8-12H2,1-2H3,(H,20,22)/t16-,19+/m0/s1. The Bertz CT molecular complexity index is 926. The van der Waals surface area contributed by atoms with Gasteiger partial charge >= 0.3 is 6.09 Å². The van der Waals surface area contributed by atoms with Crippen molar-refractivity contribution in [3.05, 3.63) is 35.9 Å². The van der Waals surface area contributed by atoms with E-state index in [9.17, 15) is 18.0 Å². The van der Waals surface area contributed by atoms with Gasteiger partial charge in [-0.2, -0.15) is 0 Å². The van der Waals surface area contributed by atoms with Gasteiger partial charge in [-0.15, -0.1) is 0 Å². The number of nitrogens with zero attached hydrogens (tertiary/aromatic N) is 1. The Morgan fingerprint density at radius 3 is 2.59 bits per heavy atom. The molecule has 0 unspecified atom stereocenters. The third-order valence-corrected chi connectivity index (χ3v) is 7.39. The second-order valence-corrected chi connectivity index (χ2v) is 9.81. The molecule has 0 aliphatic carbocycles. The number of benzene rings is 1. The Hall–Kier alpha value is -2.43. The molecule has 158 valence electrons. The quantitative estimate of drug-likeness (QED) is 0.524. The Labute approximate surface area is 169 Å². The summed E-state index contributed by atoms with van der Waals surface area (Å²) in [5, 5.41) is 8.93. The molecule has 1 saturated heterocycles. The summed E-state index contributed by atoms with van der Waals surface area (Å²) in [6.07, 6.45) is 2.04. The molecule has 2 aliphatic heterocycles. The zero-order valence-corrected chi connectivity index (χ0v) is 17.1. The summed E-state index contributed by atoms with van der Waals surface area (Å²) in [5.74, 6) is -1.07. The summed E-state index contributed by atoms with van der Waals surface area (Å²) in [7, 11) is -3.88. The van der Waals surface area contributed by atoms with Crippen molar-refractivity contribution in [1.82, 2.24) is 5.48 Å². The van der Waals surface area contributed by atoms with Crippen LogP contribution in [0.1, 0.15) is 25.3 Å². The molecule has 2 N–H and O–H groups in total. The molecular formula is C19H24N2O7S. The second kappa shape index (κ2) is 8.13. The van der Waals surface area contributed by atoms with Crippen molar-refractivity contribution in [2.45, 2.75) is 30.6 Å². The lowest BCUT2D eigenvalue weighted by Gasteiger charge is -2.26. The van der Waals surface area contributed by atoms with Crippen LogP contribution in [0.5, 0.6) is 0 Å². The van der Waals surface area contributed by atoms with E-state index in [2.05, 4.69) is 0 Å². The summed E-state index contributed by atoms with van der Waals surface area (Å²) in [4.78, 5) is 25.7. The number of hydrogen-bond donors (Lipinski definition) is 2. The molecule has 1 aromatic carbocycles. The summed E-state index contributed by atoms with van der Waals surface area (Å²) in [5.41, 5.74) is 4.23. The van der Waals surface area contributed by atoms with E-state index in [1.54, 1.807) is 12.1 Å². The Morgan fingerprint density at radius 1 is 1.34 bits per heavy atom. The summed E-state index contributed by atoms with van der Waals surface area (Å²) in [6.45, 7) is 2.55. The number of sulfone groups is 1. The minimum absolute atomic E-state index is 0.0958. The highest BCUT2D eigenvalue weighted by molar-refractivity contribution is 7.92. The number of hydrogen-bond acceptors (Lipinski definition) is 7. The molecule has 29 heavy (non-hydrogen) atoms. The van der Waals surface area contributed by atoms with Crippen LogP contribution in [-0.4, -0.2) is 62.5 Å². The summed E-state index contributed by atoms with van der Waals surface area (Å²) >= 11 is 0. The van der Waals surface area contributed by atoms with Gasteiger partial charge in [-0.3, -0.25) is 14.9 Å². The van der Waals surface area contributed by atoms with Crippen molar-refractivity contribution in [2.24, 2.45) is 0 Å². The van der Waals surface area contributed by atoms with Gasteiger partial charge in [0.2, 0.25) is 0 Å². The molecular weight excluding hydrogens is 400 g/mol. The molecule has 3 rings (SSSR count). The predicted molar refractivity (Wildman–Crippen MR) is 105 cm³/mol. The van der Waals surface area contributed by atoms with Crippen molar-refractivity contribution in [2.75, 3.05) is 30.9 Å². The van der Waals surface area contributed by atoms with Gasteiger partial charge in [0.25, 0.3) is 5.91 Å². The monoisotopic (exact) mass is 424 g/mol. The maximum atomic E-state index is 12.3. The van der Waals surface area contributed by atoms with Crippen LogP contribution in [0.25, 0.3) is 5.57 Å². The van der Waals surface area contributed by atoms with Gasteiger partial charge in [-0.25, -0.2) is 18.7 Å². The van der Waals surface area contributed by atoms with Crippen molar-refractivity contribution < 1.29 is 32.7 Å². The smallest absolute Gasteiger partial charge is 0.414 e. The van der Waals surface area contributed by atoms with Crippen LogP contribution in [-0.2, 0) is 24.1 Å². The normalized spacial score (nSPS) is 21.9. The Morgan fingerprint density at radius 2 is 2.03 bits per heavy atom. The van der Waals surface area contributed by atoms with Crippen LogP contribution in [0.2, 0.25) is 0 Å². The lowest BCUT2D eigenvalue weighted by molar-refractivity contribution is -0.132. The van der Waals surface area contributed by atoms with Crippen molar-refractivity contribution >= 4 is 33.1 Å². The molecule has 0 aromatic heterocycles. The first-order chi connectivity index (χ1) is 13.7. The number of amides is 2. The van der Waals surface area contributed by atoms with Crippen LogP contribution in [0, 0.1) is 0 Å². The zero-order chi connectivity index (χ0) is 21.2. The largest absolute Gasteiger partial charge is 0.444 e. The summed E-state index contributed by atoms with van der Waals surface area (Å²) in [6, 6.07) is 7.41. The Kier molecular flexibility index (Phi) is 5.97. The topological polar surface area (TPSA) is 122 Å². The molecule has 0 saturated carbocycles. The first-order valence-electron chi connectivity index (χ1n) is 9.15. The van der Waals surface area contributed by atoms with Crippen LogP contribution in [0.15, 0.2) is 30.3 Å². The van der Waals surface area contributed by atoms with E-state index in [4.69, 9.17) is 14.7 Å². The highest BCUT2D eigenvalue weighted by Gasteiger charge is 2.48. The molecule has 10 heteroatoms. The fourth-order valence-electron chi connectivity index (χ4n) is 3.45. The van der Waals surface area contributed by atoms with E-state index in [-0.39, 0.29) is 13.0 Å². The molecule has 2 heterocycles. The number of ether oxygens (including phenoxy) is 2. The molecule has 2 amide bonds. The van der Waals surface area contributed by atoms with E-state index in [1.165, 1.54) is 22.9 Å². The van der Waals surface area contributed by atoms with Crippen LogP contribution in [0.4, 0.5) is 10.5 Å². The molecule has 9 nitrogen and oxygen atoms in total. The van der Waals surface area contributed by atoms with Crippen LogP contribution < -0.4 is 10.4 Å². The lowest BCUT2D eigenvalue weighted by atomic mass is 10.0. The fourth-order valence-corrected chi connectivity index (χ4v) is 4.32. The number of anilines is 1. The number of rotatable bonds is 6. The molecule has 2 aliphatic rings. The average molecular weight is 424 g/mol. The Balaban J connectivity index is 1.74. The van der Waals surface area contributed by atoms with Crippen molar-refractivity contribution in [3.8, 4) is 0 Å². The molecule has 0 bridgehead atoms. The molecule has 1 fully saturated rings. The van der Waals surface area contributed by atoms with Crippen molar-refractivity contribution in [3.63, 3.8) is 0 Å². The van der Waals surface area contributed by atoms with E-state index in [1.807, 2.05) is 18.2 Å². The number of cyclic esters (lactones) is 1. The zero-order valence-electron chi connectivity index (χ0n) is 16.3. The van der Waals surface area contributed by atoms with E-state index < -0.39 is 32.7 Å². The van der Waals surface area contributed by atoms with Gasteiger partial charge in [0, 0.05) is 18.4 Å². The van der Waals surface area contributed by atoms with Gasteiger partial charge in [0.1, 0.15) is 6.10 Å². The SMILES string of the molecule is C[C@@](C[C@H]1CN(c2ccc(C3=CCOCC3)cc2)C(=O)O1)(C(=O)NO)S(C)(=O)=O. The molecule has 0 radical (unpaired) electrons. The fraction of sp³-hybridized carbons (Fsp3) is 0.474. The van der Waals surface area contributed by atoms with Crippen molar-refractivity contribution in [1.29, 1.82) is 0 Å². The minimum atomic E-state index is -3.88. The van der Waals surface area contributed by atoms with Gasteiger partial charge in [-0.05, 0) is 36.6 Å². The van der Waals surface area contributed by atoms with Gasteiger partial charge in [-0.1, -0.05) is 18.2 Å². The summed E-state index contributed by atoms with van der Waals surface area (Å²) < 4.78 is 32.9. The third-order valence-electron chi connectivity index (χ3n) is 5.40. The molecule has 1 aromatic rings. The molecule has 2 atom stereocenters. The maximum absolute atomic E-state index is 12.3. The first-order valence-corrected chi connectivity index (χ1v) is 11.0. The number of nitrogens with one attached hydrogen (secondary N) is 1. The third kappa shape index (κ3) is 4.29. The number of hydroxylamine groups is 1. The second-order valence-electron chi connectivity index (χ2n) is 7.37. The number of carbonyl (C=O) groups excluding carboxylic acids is 2. The maximum Gasteiger partial charge on any atom is 0.414 e. The number of carbonyl (C=O) groups is 2. The van der Waals surface area contributed by atoms with Crippen LogP contribution >= 0.6 is 0 Å². The highest BCUT2D eigenvalue weighted by atomic mass is 32.2. The lowest BCUT2D eigenvalue weighted by Crippen LogP contribution is -2.51. The van der Waals surface area contributed by atoms with Gasteiger partial charge in [0.05, 0.1) is 19.8 Å². The van der Waals surface area contributed by atoms with E-state index in [0.717, 1.165) is 18.2 Å². The first kappa shape index (κ1) is 21.3. The predicted octanol–water partition coefficient (Wildman–Crippen LogP) is 1.51. The van der Waals surface area contributed by atoms with Crippen LogP contribution in [0.3, 0.4) is 0 Å². The highest BCUT2D eigenvalue weighted by Crippen LogP contribution is 2.31. The van der Waals surface area contributed by atoms with Gasteiger partial charge < -0.3 is 9.47 Å². The van der Waals surface area contributed by atoms with E-state index >= 15 is 0 Å². The average Bonchev–Trinajstić information content (AvgIpc) is 3.07. The van der Waals surface area contributed by atoms with E-state index in [0.29, 0.717) is 18.9 Å². The molecule has 0 spiro atoms. The van der Waals surface area contributed by atoms with Gasteiger partial charge in [0.15, 0.2) is 14.6 Å².